The Hall–Kier alpha value is -1.23. The number of allylic oxidation sites excluding steroid dienone is 3. The Bertz CT molecular complexity index is 378. The van der Waals surface area contributed by atoms with E-state index in [0.717, 1.165) is 17.8 Å². The van der Waals surface area contributed by atoms with E-state index >= 15 is 0 Å². The molecule has 4 aliphatic rings. The summed E-state index contributed by atoms with van der Waals surface area (Å²) in [5, 5.41) is 8.48. The van der Waals surface area contributed by atoms with Crippen molar-refractivity contribution in [2.45, 2.75) is 44.1 Å². The van der Waals surface area contributed by atoms with E-state index in [1.54, 1.807) is 0 Å². The van der Waals surface area contributed by atoms with Gasteiger partial charge in [0.25, 0.3) is 0 Å². The first-order chi connectivity index (χ1) is 8.72. The predicted octanol–water partition coefficient (Wildman–Crippen LogP) is 3.48. The monoisotopic (exact) mass is 242 g/mol. The van der Waals surface area contributed by atoms with Crippen LogP contribution >= 0.6 is 0 Å². The molecule has 0 aliphatic heterocycles. The van der Waals surface area contributed by atoms with E-state index in [1.807, 2.05) is 18.2 Å². The van der Waals surface area contributed by atoms with Gasteiger partial charge in [-0.1, -0.05) is 6.08 Å². The largest absolute Gasteiger partial charge is 0.375 e. The number of hydrogen-bond donors (Lipinski definition) is 0. The zero-order valence-electron chi connectivity index (χ0n) is 11.2. The molecule has 96 valence electrons. The number of nitrogens with zero attached hydrogens (tertiary/aromatic N) is 2. The van der Waals surface area contributed by atoms with Crippen molar-refractivity contribution in [3.05, 3.63) is 24.4 Å². The molecule has 4 fully saturated rings. The fourth-order valence-corrected chi connectivity index (χ4v) is 4.93. The lowest BCUT2D eigenvalue weighted by molar-refractivity contribution is -0.0621. The van der Waals surface area contributed by atoms with Crippen LogP contribution in [0.2, 0.25) is 0 Å². The maximum atomic E-state index is 8.48. The molecule has 4 aliphatic carbocycles. The van der Waals surface area contributed by atoms with Crippen LogP contribution in [0, 0.1) is 29.1 Å². The van der Waals surface area contributed by atoms with Crippen molar-refractivity contribution >= 4 is 0 Å². The number of rotatable bonds is 3. The van der Waals surface area contributed by atoms with E-state index in [0.29, 0.717) is 5.54 Å². The highest BCUT2D eigenvalue weighted by molar-refractivity contribution is 5.14. The quantitative estimate of drug-likeness (QED) is 0.559. The molecule has 0 N–H and O–H groups in total. The standard InChI is InChI=1S/C16H22N2/c1-18(6-4-2-3-5-17)16-10-13-7-14(11-16)9-15(8-13)12-16/h2-4,6,13-15H,7-12H2,1H3/b3-2+,6-4+. The Morgan fingerprint density at radius 1 is 1.06 bits per heavy atom. The molecule has 0 aromatic rings. The third kappa shape index (κ3) is 1.96. The fraction of sp³-hybridized carbons (Fsp3) is 0.688. The second-order valence-corrected chi connectivity index (χ2v) is 6.58. The molecule has 4 rings (SSSR count). The SMILES string of the molecule is CN(/C=C/C=C/C#N)C12CC3CC(CC(C3)C1)C2. The molecule has 2 nitrogen and oxygen atoms in total. The Morgan fingerprint density at radius 2 is 1.61 bits per heavy atom. The average Bonchev–Trinajstić information content (AvgIpc) is 2.32. The average molecular weight is 242 g/mol. The van der Waals surface area contributed by atoms with E-state index in [9.17, 15) is 0 Å². The van der Waals surface area contributed by atoms with Gasteiger partial charge in [-0.3, -0.25) is 0 Å². The summed E-state index contributed by atoms with van der Waals surface area (Å²) in [6.45, 7) is 0. The van der Waals surface area contributed by atoms with Gasteiger partial charge in [-0.25, -0.2) is 0 Å². The van der Waals surface area contributed by atoms with Crippen LogP contribution in [0.1, 0.15) is 38.5 Å². The lowest BCUT2D eigenvalue weighted by Crippen LogP contribution is -2.57. The number of nitriles is 1. The highest BCUT2D eigenvalue weighted by Crippen LogP contribution is 2.57. The molecule has 0 saturated heterocycles. The van der Waals surface area contributed by atoms with Crippen LogP contribution in [0.15, 0.2) is 24.4 Å². The van der Waals surface area contributed by atoms with E-state index in [2.05, 4.69) is 18.1 Å². The van der Waals surface area contributed by atoms with Crippen LogP contribution in [0.25, 0.3) is 0 Å². The topological polar surface area (TPSA) is 27.0 Å². The molecule has 0 radical (unpaired) electrons. The van der Waals surface area contributed by atoms with Gasteiger partial charge in [0.05, 0.1) is 6.07 Å². The zero-order chi connectivity index (χ0) is 12.6. The Labute approximate surface area is 110 Å². The summed E-state index contributed by atoms with van der Waals surface area (Å²) < 4.78 is 0. The molecule has 0 atom stereocenters. The third-order valence-corrected chi connectivity index (χ3v) is 5.35. The van der Waals surface area contributed by atoms with Crippen molar-refractivity contribution in [3.63, 3.8) is 0 Å². The van der Waals surface area contributed by atoms with Crippen LogP contribution in [0.3, 0.4) is 0 Å². The van der Waals surface area contributed by atoms with Crippen LogP contribution in [-0.2, 0) is 0 Å². The molecular formula is C16H22N2. The van der Waals surface area contributed by atoms with Crippen molar-refractivity contribution in [1.82, 2.24) is 4.90 Å². The van der Waals surface area contributed by atoms with Gasteiger partial charge in [-0.15, -0.1) is 0 Å². The fourth-order valence-electron chi connectivity index (χ4n) is 4.93. The van der Waals surface area contributed by atoms with E-state index in [1.165, 1.54) is 44.6 Å². The molecule has 0 aromatic carbocycles. The van der Waals surface area contributed by atoms with Crippen LogP contribution in [-0.4, -0.2) is 17.5 Å². The van der Waals surface area contributed by atoms with Gasteiger partial charge in [-0.2, -0.15) is 5.26 Å². The summed E-state index contributed by atoms with van der Waals surface area (Å²) in [5.41, 5.74) is 0.436. The molecule has 4 saturated carbocycles. The summed E-state index contributed by atoms with van der Waals surface area (Å²) in [4.78, 5) is 2.44. The molecule has 2 heteroatoms. The first-order valence-electron chi connectivity index (χ1n) is 7.18. The van der Waals surface area contributed by atoms with Gasteiger partial charge in [-0.05, 0) is 68.6 Å². The minimum atomic E-state index is 0.436. The van der Waals surface area contributed by atoms with Gasteiger partial charge >= 0.3 is 0 Å². The van der Waals surface area contributed by atoms with Crippen molar-refractivity contribution in [1.29, 1.82) is 5.26 Å². The van der Waals surface area contributed by atoms with Crippen LogP contribution in [0.4, 0.5) is 0 Å². The normalized spacial score (nSPS) is 41.7. The second kappa shape index (κ2) is 4.46. The van der Waals surface area contributed by atoms with E-state index < -0.39 is 0 Å². The number of hydrogen-bond acceptors (Lipinski definition) is 2. The summed E-state index contributed by atoms with van der Waals surface area (Å²) in [7, 11) is 2.23. The van der Waals surface area contributed by atoms with Gasteiger partial charge in [0.2, 0.25) is 0 Å². The molecule has 0 spiro atoms. The highest BCUT2D eigenvalue weighted by atomic mass is 15.2. The molecule has 0 aromatic heterocycles. The molecule has 0 unspecified atom stereocenters. The summed E-state index contributed by atoms with van der Waals surface area (Å²) in [6.07, 6.45) is 16.2. The zero-order valence-corrected chi connectivity index (χ0v) is 11.2. The Morgan fingerprint density at radius 3 is 2.11 bits per heavy atom. The van der Waals surface area contributed by atoms with E-state index in [4.69, 9.17) is 5.26 Å². The second-order valence-electron chi connectivity index (χ2n) is 6.58. The Balaban J connectivity index is 1.73. The maximum absolute atomic E-state index is 8.48. The predicted molar refractivity (Wildman–Crippen MR) is 72.6 cm³/mol. The Kier molecular flexibility index (Phi) is 2.93. The minimum absolute atomic E-state index is 0.436. The van der Waals surface area contributed by atoms with E-state index in [-0.39, 0.29) is 0 Å². The summed E-state index contributed by atoms with van der Waals surface area (Å²) in [6, 6.07) is 2.03. The van der Waals surface area contributed by atoms with Crippen LogP contribution < -0.4 is 0 Å². The molecular weight excluding hydrogens is 220 g/mol. The molecule has 0 amide bonds. The van der Waals surface area contributed by atoms with Gasteiger partial charge in [0.15, 0.2) is 0 Å². The minimum Gasteiger partial charge on any atom is -0.375 e. The molecule has 18 heavy (non-hydrogen) atoms. The maximum Gasteiger partial charge on any atom is 0.0912 e. The third-order valence-electron chi connectivity index (χ3n) is 5.35. The lowest BCUT2D eigenvalue weighted by Gasteiger charge is -2.59. The van der Waals surface area contributed by atoms with Crippen molar-refractivity contribution in [3.8, 4) is 6.07 Å². The smallest absolute Gasteiger partial charge is 0.0912 e. The highest BCUT2D eigenvalue weighted by Gasteiger charge is 2.52. The summed E-state index contributed by atoms with van der Waals surface area (Å²) >= 11 is 0. The van der Waals surface area contributed by atoms with Crippen molar-refractivity contribution < 1.29 is 0 Å². The van der Waals surface area contributed by atoms with Gasteiger partial charge in [0, 0.05) is 18.7 Å². The van der Waals surface area contributed by atoms with Crippen molar-refractivity contribution in [2.75, 3.05) is 7.05 Å². The summed E-state index contributed by atoms with van der Waals surface area (Å²) in [5.74, 6) is 2.96. The molecule has 0 heterocycles. The van der Waals surface area contributed by atoms with Gasteiger partial charge in [0.1, 0.15) is 0 Å². The first kappa shape index (κ1) is 11.8. The van der Waals surface area contributed by atoms with Crippen molar-refractivity contribution in [2.24, 2.45) is 17.8 Å². The van der Waals surface area contributed by atoms with Crippen LogP contribution in [0.5, 0.6) is 0 Å². The van der Waals surface area contributed by atoms with Gasteiger partial charge < -0.3 is 4.90 Å². The lowest BCUT2D eigenvalue weighted by atomic mass is 9.52. The molecule has 4 bridgehead atoms. The first-order valence-corrected chi connectivity index (χ1v) is 7.18.